The van der Waals surface area contributed by atoms with Gasteiger partial charge in [0.1, 0.15) is 0 Å². The summed E-state index contributed by atoms with van der Waals surface area (Å²) in [5, 5.41) is 2.65. The van der Waals surface area contributed by atoms with Gasteiger partial charge in [0.2, 0.25) is 0 Å². The van der Waals surface area contributed by atoms with Crippen molar-refractivity contribution in [1.29, 1.82) is 0 Å². The Kier molecular flexibility index (Phi) is 3.63. The average molecular weight is 110 g/mol. The van der Waals surface area contributed by atoms with Crippen LogP contribution < -0.4 is 5.09 Å². The van der Waals surface area contributed by atoms with Gasteiger partial charge in [-0.1, -0.05) is 0 Å². The maximum absolute atomic E-state index is 11.5. The Morgan fingerprint density at radius 1 is 1.83 bits per heavy atom. The molecule has 4 heteroatoms. The Morgan fingerprint density at radius 3 is 2.33 bits per heavy atom. The maximum Gasteiger partial charge on any atom is 0.0538 e. The minimum Gasteiger partial charge on any atom is -0.287 e. The van der Waals surface area contributed by atoms with E-state index in [0.29, 0.717) is 4.89 Å². The van der Waals surface area contributed by atoms with E-state index >= 15 is 0 Å². The summed E-state index contributed by atoms with van der Waals surface area (Å²) in [5.74, 6) is 0. The van der Waals surface area contributed by atoms with Gasteiger partial charge in [0.15, 0.2) is 0 Å². The Morgan fingerprint density at radius 2 is 2.33 bits per heavy atom. The van der Waals surface area contributed by atoms with Crippen molar-refractivity contribution in [2.75, 3.05) is 14.1 Å². The van der Waals surface area contributed by atoms with Crippen molar-refractivity contribution in [2.24, 2.45) is 0 Å². The van der Waals surface area contributed by atoms with E-state index in [1.807, 2.05) is 0 Å². The van der Waals surface area contributed by atoms with Crippen molar-refractivity contribution in [3.05, 3.63) is 0 Å². The summed E-state index contributed by atoms with van der Waals surface area (Å²) < 4.78 is 11.5. The Hall–Kier alpha value is 0.280. The summed E-state index contributed by atoms with van der Waals surface area (Å²) >= 11 is 0. The molecular formula is C2H8FN2P. The molecule has 1 atom stereocenters. The molecule has 0 rings (SSSR count). The molecule has 0 aromatic rings. The van der Waals surface area contributed by atoms with Crippen LogP contribution in [-0.2, 0) is 0 Å². The molecule has 0 bridgehead atoms. The Bertz CT molecular complexity index is 32.7. The van der Waals surface area contributed by atoms with Crippen LogP contribution in [0.2, 0.25) is 0 Å². The smallest absolute Gasteiger partial charge is 0.0538 e. The van der Waals surface area contributed by atoms with Crippen molar-refractivity contribution in [1.82, 2.24) is 9.98 Å². The zero-order valence-electron chi connectivity index (χ0n) is 3.83. The summed E-state index contributed by atoms with van der Waals surface area (Å²) in [6, 6.07) is 0. The third kappa shape index (κ3) is 4.28. The van der Waals surface area contributed by atoms with Crippen LogP contribution in [0.1, 0.15) is 0 Å². The van der Waals surface area contributed by atoms with Gasteiger partial charge in [-0.15, -0.1) is 9.37 Å². The van der Waals surface area contributed by atoms with Gasteiger partial charge in [0, 0.05) is 7.05 Å². The van der Waals surface area contributed by atoms with Crippen LogP contribution in [-0.4, -0.2) is 19.0 Å². The summed E-state index contributed by atoms with van der Waals surface area (Å²) in [7, 11) is 3.16. The van der Waals surface area contributed by atoms with Crippen LogP contribution >= 0.6 is 8.88 Å². The second kappa shape index (κ2) is 3.47. The van der Waals surface area contributed by atoms with E-state index in [4.69, 9.17) is 0 Å². The highest BCUT2D eigenvalue weighted by molar-refractivity contribution is 7.32. The molecule has 0 heterocycles. The first kappa shape index (κ1) is 6.28. The Balaban J connectivity index is 2.63. The molecule has 0 aromatic carbocycles. The molecule has 1 N–H and O–H groups in total. The Labute approximate surface area is 38.5 Å². The molecular weight excluding hydrogens is 102 g/mol. The van der Waals surface area contributed by atoms with Crippen LogP contribution in [0, 0.1) is 0 Å². The standard InChI is InChI=1S/C2H8FN2P/c1-4-6-5(2)3/h4,6H,1-2H3. The molecule has 2 nitrogen and oxygen atoms in total. The number of nitrogens with one attached hydrogen (secondary N) is 1. The minimum atomic E-state index is 0.0880. The SMILES string of the molecule is CNPN(C)F. The van der Waals surface area contributed by atoms with Crippen molar-refractivity contribution in [2.45, 2.75) is 0 Å². The predicted octanol–water partition coefficient (Wildman–Crippen LogP) is 0.531. The first-order chi connectivity index (χ1) is 2.77. The molecule has 0 amide bonds. The van der Waals surface area contributed by atoms with Gasteiger partial charge in [-0.25, -0.2) is 0 Å². The van der Waals surface area contributed by atoms with E-state index in [2.05, 4.69) is 5.09 Å². The van der Waals surface area contributed by atoms with Gasteiger partial charge < -0.3 is 0 Å². The van der Waals surface area contributed by atoms with E-state index in [9.17, 15) is 4.48 Å². The maximum atomic E-state index is 11.5. The second-order valence-corrected chi connectivity index (χ2v) is 2.18. The quantitative estimate of drug-likeness (QED) is 0.412. The highest BCUT2D eigenvalue weighted by atomic mass is 31.1. The van der Waals surface area contributed by atoms with E-state index in [1.54, 1.807) is 7.05 Å². The van der Waals surface area contributed by atoms with Gasteiger partial charge in [0.25, 0.3) is 0 Å². The third-order valence-electron chi connectivity index (χ3n) is 0.266. The van der Waals surface area contributed by atoms with Crippen molar-refractivity contribution < 1.29 is 4.48 Å². The molecule has 0 radical (unpaired) electrons. The van der Waals surface area contributed by atoms with Crippen LogP contribution in [0.25, 0.3) is 0 Å². The fourth-order valence-corrected chi connectivity index (χ4v) is 0.462. The predicted molar refractivity (Wildman–Crippen MR) is 26.2 cm³/mol. The highest BCUT2D eigenvalue weighted by Crippen LogP contribution is 2.05. The summed E-state index contributed by atoms with van der Waals surface area (Å²) in [5.41, 5.74) is 0. The van der Waals surface area contributed by atoms with E-state index in [-0.39, 0.29) is 8.88 Å². The van der Waals surface area contributed by atoms with Gasteiger partial charge in [-0.2, -0.15) is 0 Å². The van der Waals surface area contributed by atoms with Crippen molar-refractivity contribution in [3.63, 3.8) is 0 Å². The largest absolute Gasteiger partial charge is 0.287 e. The summed E-state index contributed by atoms with van der Waals surface area (Å²) in [6.45, 7) is 0. The second-order valence-electron chi connectivity index (χ2n) is 0.839. The fraction of sp³-hybridized carbons (Fsp3) is 1.00. The fourth-order valence-electron chi connectivity index (χ4n) is 0.154. The lowest BCUT2D eigenvalue weighted by Crippen LogP contribution is -1.98. The third-order valence-corrected chi connectivity index (χ3v) is 0.798. The number of hydrogen-bond donors (Lipinski definition) is 1. The molecule has 0 spiro atoms. The first-order valence-electron chi connectivity index (χ1n) is 1.59. The van der Waals surface area contributed by atoms with E-state index < -0.39 is 0 Å². The number of hydrogen-bond acceptors (Lipinski definition) is 2. The lowest BCUT2D eigenvalue weighted by Gasteiger charge is -1.98. The molecule has 0 fully saturated rings. The summed E-state index contributed by atoms with van der Waals surface area (Å²) in [4.78, 5) is 0.597. The lowest BCUT2D eigenvalue weighted by molar-refractivity contribution is 0.193. The minimum absolute atomic E-state index is 0.0880. The van der Waals surface area contributed by atoms with Crippen LogP contribution in [0.5, 0.6) is 0 Å². The van der Waals surface area contributed by atoms with E-state index in [1.165, 1.54) is 7.05 Å². The van der Waals surface area contributed by atoms with Gasteiger partial charge in [0.05, 0.1) is 8.88 Å². The highest BCUT2D eigenvalue weighted by Gasteiger charge is 1.83. The molecule has 0 aliphatic heterocycles. The molecule has 38 valence electrons. The van der Waals surface area contributed by atoms with Gasteiger partial charge >= 0.3 is 0 Å². The van der Waals surface area contributed by atoms with Gasteiger partial charge in [-0.3, -0.25) is 5.09 Å². The van der Waals surface area contributed by atoms with Crippen LogP contribution in [0.3, 0.4) is 0 Å². The zero-order valence-corrected chi connectivity index (χ0v) is 4.83. The normalized spacial score (nSPS) is 12.0. The summed E-state index contributed by atoms with van der Waals surface area (Å²) in [6.07, 6.45) is 0. The zero-order chi connectivity index (χ0) is 4.99. The van der Waals surface area contributed by atoms with E-state index in [0.717, 1.165) is 0 Å². The molecule has 0 aromatic heterocycles. The van der Waals surface area contributed by atoms with Gasteiger partial charge in [-0.05, 0) is 7.05 Å². The topological polar surface area (TPSA) is 15.3 Å². The molecule has 1 unspecified atom stereocenters. The molecule has 6 heavy (non-hydrogen) atoms. The van der Waals surface area contributed by atoms with Crippen LogP contribution in [0.4, 0.5) is 4.48 Å². The van der Waals surface area contributed by atoms with Crippen molar-refractivity contribution >= 4 is 8.88 Å². The van der Waals surface area contributed by atoms with Crippen LogP contribution in [0.15, 0.2) is 0 Å². The molecule has 0 aliphatic rings. The number of rotatable bonds is 2. The lowest BCUT2D eigenvalue weighted by atomic mass is 11.6. The molecule has 0 saturated heterocycles. The first-order valence-corrected chi connectivity index (χ1v) is 2.54. The monoisotopic (exact) mass is 110 g/mol. The van der Waals surface area contributed by atoms with Crippen molar-refractivity contribution in [3.8, 4) is 0 Å². The number of nitrogens with zero attached hydrogens (tertiary/aromatic N) is 1. The number of halogens is 1. The molecule has 0 saturated carbocycles. The average Bonchev–Trinajstić information content (AvgIpc) is 1.35. The molecule has 0 aliphatic carbocycles.